The first-order valence-electron chi connectivity index (χ1n) is 15.2. The fraction of sp³-hybridized carbons (Fsp3) is 0.818. The van der Waals surface area contributed by atoms with Gasteiger partial charge in [-0.15, -0.1) is 0 Å². The Balaban J connectivity index is 1.56. The number of esters is 1. The maximum absolute atomic E-state index is 13.1. The van der Waals surface area contributed by atoms with Crippen LogP contribution in [0.1, 0.15) is 81.1 Å². The number of carbonyl (C=O) groups excluding carboxylic acids is 2. The van der Waals surface area contributed by atoms with Crippen LogP contribution in [0.5, 0.6) is 0 Å². The number of rotatable bonds is 5. The van der Waals surface area contributed by atoms with Crippen molar-refractivity contribution < 1.29 is 39.1 Å². The number of methoxy groups -OCH3 is 1. The van der Waals surface area contributed by atoms with Gasteiger partial charge >= 0.3 is 5.97 Å². The van der Waals surface area contributed by atoms with Crippen LogP contribution in [0, 0.1) is 45.3 Å². The highest BCUT2D eigenvalue weighted by Crippen LogP contribution is 2.72. The Morgan fingerprint density at radius 2 is 1.83 bits per heavy atom. The van der Waals surface area contributed by atoms with Crippen LogP contribution in [0.4, 0.5) is 0 Å². The van der Waals surface area contributed by atoms with E-state index in [0.717, 1.165) is 6.42 Å². The minimum absolute atomic E-state index is 0.0531. The van der Waals surface area contributed by atoms with Gasteiger partial charge in [-0.3, -0.25) is 9.59 Å². The molecule has 3 N–H and O–H groups in total. The van der Waals surface area contributed by atoms with Crippen molar-refractivity contribution in [2.45, 2.75) is 117 Å². The fourth-order valence-electron chi connectivity index (χ4n) is 10.4. The number of aliphatic hydroxyl groups excluding tert-OH is 2. The molecule has 0 aromatic carbocycles. The Labute approximate surface area is 244 Å². The summed E-state index contributed by atoms with van der Waals surface area (Å²) >= 11 is 0. The van der Waals surface area contributed by atoms with Gasteiger partial charge in [0.25, 0.3) is 0 Å². The average Bonchev–Trinajstić information content (AvgIpc) is 3.42. The number of hydrogen-bond donors (Lipinski definition) is 3. The minimum atomic E-state index is -1.32. The van der Waals surface area contributed by atoms with Gasteiger partial charge in [-0.25, -0.2) is 0 Å². The van der Waals surface area contributed by atoms with E-state index in [1.54, 1.807) is 27.0 Å². The number of carbonyl (C=O) groups is 2. The molecular weight excluding hydrogens is 524 g/mol. The van der Waals surface area contributed by atoms with Crippen LogP contribution in [0.3, 0.4) is 0 Å². The van der Waals surface area contributed by atoms with Crippen molar-refractivity contribution in [3.63, 3.8) is 0 Å². The van der Waals surface area contributed by atoms with E-state index < -0.39 is 58.0 Å². The smallest absolute Gasteiger partial charge is 0.302 e. The van der Waals surface area contributed by atoms with Crippen molar-refractivity contribution in [1.29, 1.82) is 0 Å². The zero-order valence-corrected chi connectivity index (χ0v) is 26.1. The number of ether oxygens (including phenoxy) is 3. The van der Waals surface area contributed by atoms with Gasteiger partial charge in [0, 0.05) is 36.7 Å². The molecule has 3 fully saturated rings. The molecule has 0 aromatic heterocycles. The molecule has 8 heteroatoms. The predicted octanol–water partition coefficient (Wildman–Crippen LogP) is 3.96. The molecule has 1 aliphatic heterocycles. The molecule has 0 aromatic rings. The quantitative estimate of drug-likeness (QED) is 0.333. The van der Waals surface area contributed by atoms with Crippen LogP contribution in [-0.2, 0) is 23.8 Å². The van der Waals surface area contributed by atoms with Gasteiger partial charge in [0.2, 0.25) is 0 Å². The third kappa shape index (κ3) is 4.34. The molecule has 4 aliphatic carbocycles. The Bertz CT molecular complexity index is 1150. The van der Waals surface area contributed by atoms with Crippen molar-refractivity contribution in [3.05, 3.63) is 23.8 Å². The first-order chi connectivity index (χ1) is 18.8. The van der Waals surface area contributed by atoms with Crippen molar-refractivity contribution in [1.82, 2.24) is 0 Å². The summed E-state index contributed by atoms with van der Waals surface area (Å²) in [5.41, 5.74) is -2.35. The van der Waals surface area contributed by atoms with Crippen LogP contribution in [0.2, 0.25) is 0 Å². The molecule has 230 valence electrons. The summed E-state index contributed by atoms with van der Waals surface area (Å²) in [5.74, 6) is -0.677. The molecule has 12 atom stereocenters. The molecule has 0 amide bonds. The average molecular weight is 575 g/mol. The molecule has 0 bridgehead atoms. The van der Waals surface area contributed by atoms with Crippen LogP contribution < -0.4 is 0 Å². The van der Waals surface area contributed by atoms with Gasteiger partial charge in [-0.1, -0.05) is 52.3 Å². The van der Waals surface area contributed by atoms with Crippen molar-refractivity contribution >= 4 is 11.8 Å². The highest BCUT2D eigenvalue weighted by molar-refractivity contribution is 5.95. The Morgan fingerprint density at radius 1 is 1.17 bits per heavy atom. The topological polar surface area (TPSA) is 123 Å². The van der Waals surface area contributed by atoms with Gasteiger partial charge in [-0.2, -0.15) is 0 Å². The number of hydrogen-bond acceptors (Lipinski definition) is 8. The van der Waals surface area contributed by atoms with Gasteiger partial charge in [-0.05, 0) is 68.3 Å². The maximum atomic E-state index is 13.1. The predicted molar refractivity (Wildman–Crippen MR) is 152 cm³/mol. The highest BCUT2D eigenvalue weighted by Gasteiger charge is 2.71. The number of aliphatic hydroxyl groups is 3. The van der Waals surface area contributed by atoms with Gasteiger partial charge in [0.15, 0.2) is 12.1 Å². The van der Waals surface area contributed by atoms with Crippen molar-refractivity contribution in [2.75, 3.05) is 7.11 Å². The lowest BCUT2D eigenvalue weighted by molar-refractivity contribution is -0.213. The molecular formula is C33H50O8. The zero-order chi connectivity index (χ0) is 30.5. The first kappa shape index (κ1) is 30.9. The van der Waals surface area contributed by atoms with Crippen LogP contribution in [0.25, 0.3) is 0 Å². The lowest BCUT2D eigenvalue weighted by Crippen LogP contribution is -2.68. The molecule has 0 unspecified atom stereocenters. The molecule has 8 nitrogen and oxygen atoms in total. The molecule has 41 heavy (non-hydrogen) atoms. The largest absolute Gasteiger partial charge is 0.462 e. The monoisotopic (exact) mass is 574 g/mol. The fourth-order valence-corrected chi connectivity index (χ4v) is 10.4. The summed E-state index contributed by atoms with van der Waals surface area (Å²) in [7, 11) is 1.60. The minimum Gasteiger partial charge on any atom is -0.462 e. The summed E-state index contributed by atoms with van der Waals surface area (Å²) in [5, 5.41) is 33.5. The molecule has 5 rings (SSSR count). The lowest BCUT2D eigenvalue weighted by atomic mass is 9.37. The van der Waals surface area contributed by atoms with Crippen molar-refractivity contribution in [3.8, 4) is 0 Å². The number of fused-ring (bicyclic) bond motifs is 5. The summed E-state index contributed by atoms with van der Waals surface area (Å²) in [6, 6.07) is 0. The SMILES string of the molecule is CO[C@@H]1O[C@H]([C@H](O)C(C)(C)O)C[C@H]1[C@@H]1CC=C2[C@@]3(C)[C@H]([C@H](O)C[C@]21C)[C@@]1(C)C=CC(=O)C(C)(C)[C@@H]1C[C@H]3OC(C)=O. The lowest BCUT2D eigenvalue weighted by Gasteiger charge is -2.67. The summed E-state index contributed by atoms with van der Waals surface area (Å²) < 4.78 is 18.1. The van der Waals surface area contributed by atoms with Crippen LogP contribution in [0.15, 0.2) is 23.8 Å². The molecule has 5 aliphatic rings. The summed E-state index contributed by atoms with van der Waals surface area (Å²) in [4.78, 5) is 25.6. The first-order valence-corrected chi connectivity index (χ1v) is 15.2. The highest BCUT2D eigenvalue weighted by atomic mass is 16.7. The van der Waals surface area contributed by atoms with Crippen LogP contribution >= 0.6 is 0 Å². The van der Waals surface area contributed by atoms with E-state index in [2.05, 4.69) is 26.8 Å². The standard InChI is InChI=1S/C33H50O8/c1-17(34)40-25-15-23-29(2,3)24(36)12-13-31(23,6)26-20(35)16-32(7)19(10-11-22(32)33(25,26)8)18-14-21(41-28(18)39-9)27(37)30(4,5)38/h11-13,18-21,23,25-28,35,37-38H,10,14-16H2,1-9H3/t18-,19-,20+,21-,23-,25+,26+,27-,28+,31-,32-,33+/m0/s1. The maximum Gasteiger partial charge on any atom is 0.302 e. The summed E-state index contributed by atoms with van der Waals surface area (Å²) in [6.07, 6.45) is 4.92. The molecule has 2 saturated carbocycles. The number of allylic oxidation sites excluding steroid dienone is 3. The third-order valence-electron chi connectivity index (χ3n) is 12.2. The Morgan fingerprint density at radius 3 is 2.41 bits per heavy atom. The molecule has 1 heterocycles. The van der Waals surface area contributed by atoms with E-state index in [1.807, 2.05) is 19.9 Å². The second-order valence-corrected chi connectivity index (χ2v) is 15.4. The molecule has 0 radical (unpaired) electrons. The van der Waals surface area contributed by atoms with E-state index >= 15 is 0 Å². The van der Waals surface area contributed by atoms with E-state index in [4.69, 9.17) is 14.2 Å². The zero-order valence-electron chi connectivity index (χ0n) is 26.1. The Hall–Kier alpha value is -1.58. The van der Waals surface area contributed by atoms with Gasteiger partial charge in [0.05, 0.1) is 17.8 Å². The number of ketones is 1. The van der Waals surface area contributed by atoms with Crippen molar-refractivity contribution in [2.24, 2.45) is 45.3 Å². The molecule has 0 spiro atoms. The second-order valence-electron chi connectivity index (χ2n) is 15.4. The van der Waals surface area contributed by atoms with E-state index in [-0.39, 0.29) is 35.4 Å². The van der Waals surface area contributed by atoms with E-state index in [1.165, 1.54) is 12.5 Å². The summed E-state index contributed by atoms with van der Waals surface area (Å²) in [6.45, 7) is 15.1. The second kappa shape index (κ2) is 9.71. The van der Waals surface area contributed by atoms with Gasteiger partial charge < -0.3 is 29.5 Å². The molecule has 1 saturated heterocycles. The third-order valence-corrected chi connectivity index (χ3v) is 12.2. The van der Waals surface area contributed by atoms with Crippen LogP contribution in [-0.4, -0.2) is 70.5 Å². The van der Waals surface area contributed by atoms with E-state index in [9.17, 15) is 24.9 Å². The van der Waals surface area contributed by atoms with E-state index in [0.29, 0.717) is 19.3 Å². The van der Waals surface area contributed by atoms with Gasteiger partial charge in [0.1, 0.15) is 12.2 Å². The Kier molecular flexibility index (Phi) is 7.31. The normalized spacial score (nSPS) is 47.7.